The van der Waals surface area contributed by atoms with Crippen LogP contribution in [0.3, 0.4) is 0 Å². The van der Waals surface area contributed by atoms with Gasteiger partial charge in [0.25, 0.3) is 11.8 Å². The molecule has 0 spiro atoms. The van der Waals surface area contributed by atoms with E-state index in [1.165, 1.54) is 17.0 Å². The lowest BCUT2D eigenvalue weighted by atomic mass is 10.0. The summed E-state index contributed by atoms with van der Waals surface area (Å²) in [4.78, 5) is 31.9. The molecule has 0 bridgehead atoms. The number of hydrogen-bond donors (Lipinski definition) is 0. The summed E-state index contributed by atoms with van der Waals surface area (Å²) in [5, 5.41) is 0. The van der Waals surface area contributed by atoms with Gasteiger partial charge in [0.15, 0.2) is 0 Å². The Kier molecular flexibility index (Phi) is 4.97. The van der Waals surface area contributed by atoms with Crippen molar-refractivity contribution in [3.63, 3.8) is 0 Å². The highest BCUT2D eigenvalue weighted by atomic mass is 19.1. The van der Waals surface area contributed by atoms with E-state index in [4.69, 9.17) is 4.74 Å². The molecular weight excluding hydrogens is 349 g/mol. The van der Waals surface area contributed by atoms with Gasteiger partial charge in [-0.25, -0.2) is 4.39 Å². The Labute approximate surface area is 158 Å². The van der Waals surface area contributed by atoms with Gasteiger partial charge in [0.05, 0.1) is 18.2 Å². The monoisotopic (exact) mass is 373 g/mol. The van der Waals surface area contributed by atoms with Gasteiger partial charge in [0.1, 0.15) is 11.5 Å². The fourth-order valence-corrected chi connectivity index (χ4v) is 3.92. The molecule has 27 heavy (non-hydrogen) atoms. The van der Waals surface area contributed by atoms with Gasteiger partial charge in [0, 0.05) is 32.8 Å². The van der Waals surface area contributed by atoms with E-state index >= 15 is 0 Å². The lowest BCUT2D eigenvalue weighted by molar-refractivity contribution is -0.139. The van der Waals surface area contributed by atoms with Crippen LogP contribution in [0, 0.1) is 5.82 Å². The second kappa shape index (κ2) is 7.40. The number of hydrogen-bond acceptors (Lipinski definition) is 5. The quantitative estimate of drug-likeness (QED) is 0.746. The molecular formula is C20H24FN3O3. The predicted molar refractivity (Wildman–Crippen MR) is 98.1 cm³/mol. The molecule has 4 rings (SSSR count). The fourth-order valence-electron chi connectivity index (χ4n) is 3.92. The van der Waals surface area contributed by atoms with Gasteiger partial charge in [-0.2, -0.15) is 0 Å². The SMILES string of the molecule is CN1CCN(C2=C(c3ccc(F)cc3)C(=O)N(CC3CCCO3)C2=O)CC1. The topological polar surface area (TPSA) is 53.1 Å². The van der Waals surface area contributed by atoms with Crippen molar-refractivity contribution in [2.24, 2.45) is 0 Å². The Morgan fingerprint density at radius 2 is 1.78 bits per heavy atom. The van der Waals surface area contributed by atoms with Crippen LogP contribution in [-0.4, -0.2) is 79.0 Å². The summed E-state index contributed by atoms with van der Waals surface area (Å²) in [5.41, 5.74) is 1.40. The molecule has 1 atom stereocenters. The highest BCUT2D eigenvalue weighted by molar-refractivity contribution is 6.35. The van der Waals surface area contributed by atoms with Crippen LogP contribution < -0.4 is 0 Å². The zero-order valence-corrected chi connectivity index (χ0v) is 15.5. The number of nitrogens with zero attached hydrogens (tertiary/aromatic N) is 3. The van der Waals surface area contributed by atoms with Crippen molar-refractivity contribution in [3.05, 3.63) is 41.3 Å². The van der Waals surface area contributed by atoms with Gasteiger partial charge < -0.3 is 14.5 Å². The van der Waals surface area contributed by atoms with E-state index < -0.39 is 0 Å². The third kappa shape index (κ3) is 3.49. The zero-order valence-electron chi connectivity index (χ0n) is 15.5. The van der Waals surface area contributed by atoms with Crippen LogP contribution in [0.1, 0.15) is 18.4 Å². The summed E-state index contributed by atoms with van der Waals surface area (Å²) >= 11 is 0. The molecule has 2 fully saturated rings. The van der Waals surface area contributed by atoms with Crippen molar-refractivity contribution >= 4 is 17.4 Å². The number of carbonyl (C=O) groups is 2. The number of benzene rings is 1. The summed E-state index contributed by atoms with van der Waals surface area (Å²) in [7, 11) is 2.04. The molecule has 144 valence electrons. The van der Waals surface area contributed by atoms with Gasteiger partial charge in [-0.15, -0.1) is 0 Å². The van der Waals surface area contributed by atoms with Crippen LogP contribution in [-0.2, 0) is 14.3 Å². The third-order valence-corrected chi connectivity index (χ3v) is 5.51. The Bertz CT molecular complexity index is 763. The molecule has 2 saturated heterocycles. The Morgan fingerprint density at radius 1 is 1.07 bits per heavy atom. The summed E-state index contributed by atoms with van der Waals surface area (Å²) in [6.07, 6.45) is 1.70. The van der Waals surface area contributed by atoms with Gasteiger partial charge in [-0.3, -0.25) is 14.5 Å². The number of likely N-dealkylation sites (N-methyl/N-ethyl adjacent to an activating group) is 1. The van der Waals surface area contributed by atoms with Crippen molar-refractivity contribution in [3.8, 4) is 0 Å². The first-order chi connectivity index (χ1) is 13.0. The molecule has 6 nitrogen and oxygen atoms in total. The molecule has 3 heterocycles. The van der Waals surface area contributed by atoms with Crippen LogP contribution in [0.2, 0.25) is 0 Å². The maximum absolute atomic E-state index is 13.4. The number of ether oxygens (including phenoxy) is 1. The average Bonchev–Trinajstić information content (AvgIpc) is 3.26. The van der Waals surface area contributed by atoms with Crippen LogP contribution in [0.5, 0.6) is 0 Å². The number of imide groups is 1. The van der Waals surface area contributed by atoms with Gasteiger partial charge in [0.2, 0.25) is 0 Å². The molecule has 1 unspecified atom stereocenters. The van der Waals surface area contributed by atoms with E-state index in [1.807, 2.05) is 11.9 Å². The van der Waals surface area contributed by atoms with E-state index in [2.05, 4.69) is 4.90 Å². The highest BCUT2D eigenvalue weighted by Gasteiger charge is 2.43. The lowest BCUT2D eigenvalue weighted by Gasteiger charge is -2.34. The van der Waals surface area contributed by atoms with E-state index in [0.717, 1.165) is 25.9 Å². The molecule has 3 aliphatic rings. The van der Waals surface area contributed by atoms with Crippen LogP contribution in [0.15, 0.2) is 30.0 Å². The van der Waals surface area contributed by atoms with E-state index in [0.29, 0.717) is 36.5 Å². The van der Waals surface area contributed by atoms with Crippen molar-refractivity contribution in [2.75, 3.05) is 46.4 Å². The normalized spacial score (nSPS) is 24.4. The first-order valence-electron chi connectivity index (χ1n) is 9.46. The molecule has 0 radical (unpaired) electrons. The summed E-state index contributed by atoms with van der Waals surface area (Å²) in [6.45, 7) is 3.97. The van der Waals surface area contributed by atoms with Gasteiger partial charge >= 0.3 is 0 Å². The molecule has 1 aromatic rings. The first kappa shape index (κ1) is 18.1. The van der Waals surface area contributed by atoms with Gasteiger partial charge in [-0.05, 0) is 37.6 Å². The second-order valence-corrected chi connectivity index (χ2v) is 7.38. The van der Waals surface area contributed by atoms with Crippen LogP contribution in [0.25, 0.3) is 5.57 Å². The molecule has 2 amide bonds. The minimum absolute atomic E-state index is 0.0980. The number of amides is 2. The van der Waals surface area contributed by atoms with Crippen molar-refractivity contribution in [1.82, 2.24) is 14.7 Å². The van der Waals surface area contributed by atoms with Crippen molar-refractivity contribution in [2.45, 2.75) is 18.9 Å². The fraction of sp³-hybridized carbons (Fsp3) is 0.500. The molecule has 0 N–H and O–H groups in total. The van der Waals surface area contributed by atoms with Crippen molar-refractivity contribution in [1.29, 1.82) is 0 Å². The van der Waals surface area contributed by atoms with Gasteiger partial charge in [-0.1, -0.05) is 12.1 Å². The molecule has 0 aliphatic carbocycles. The Morgan fingerprint density at radius 3 is 2.41 bits per heavy atom. The second-order valence-electron chi connectivity index (χ2n) is 7.38. The lowest BCUT2D eigenvalue weighted by Crippen LogP contribution is -2.46. The largest absolute Gasteiger partial charge is 0.376 e. The number of halogens is 1. The van der Waals surface area contributed by atoms with E-state index in [1.54, 1.807) is 12.1 Å². The number of rotatable bonds is 4. The standard InChI is InChI=1S/C20H24FN3O3/c1-22-8-10-23(11-9-22)18-17(14-4-6-15(21)7-5-14)19(25)24(20(18)26)13-16-3-2-12-27-16/h4-7,16H,2-3,8-13H2,1H3. The minimum Gasteiger partial charge on any atom is -0.376 e. The van der Waals surface area contributed by atoms with E-state index in [-0.39, 0.29) is 30.3 Å². The number of carbonyl (C=O) groups excluding carboxylic acids is 2. The minimum atomic E-state index is -0.367. The molecule has 0 saturated carbocycles. The maximum Gasteiger partial charge on any atom is 0.277 e. The maximum atomic E-state index is 13.4. The summed E-state index contributed by atoms with van der Waals surface area (Å²) in [6, 6.07) is 5.79. The Balaban J connectivity index is 1.68. The molecule has 1 aromatic carbocycles. The van der Waals surface area contributed by atoms with Crippen LogP contribution in [0.4, 0.5) is 4.39 Å². The Hall–Kier alpha value is -2.25. The van der Waals surface area contributed by atoms with E-state index in [9.17, 15) is 14.0 Å². The zero-order chi connectivity index (χ0) is 19.0. The molecule has 3 aliphatic heterocycles. The molecule has 0 aromatic heterocycles. The average molecular weight is 373 g/mol. The summed E-state index contributed by atoms with van der Waals surface area (Å²) in [5.74, 6) is -0.941. The molecule has 7 heteroatoms. The van der Waals surface area contributed by atoms with Crippen LogP contribution >= 0.6 is 0 Å². The summed E-state index contributed by atoms with van der Waals surface area (Å²) < 4.78 is 19.0. The van der Waals surface area contributed by atoms with Crippen molar-refractivity contribution < 1.29 is 18.7 Å². The predicted octanol–water partition coefficient (Wildman–Crippen LogP) is 1.33. The number of piperazine rings is 1. The highest BCUT2D eigenvalue weighted by Crippen LogP contribution is 2.33. The third-order valence-electron chi connectivity index (χ3n) is 5.51. The smallest absolute Gasteiger partial charge is 0.277 e. The first-order valence-corrected chi connectivity index (χ1v) is 9.46.